The van der Waals surface area contributed by atoms with Crippen molar-refractivity contribution in [2.45, 2.75) is 64.0 Å². The Morgan fingerprint density at radius 1 is 1.21 bits per heavy atom. The Morgan fingerprint density at radius 3 is 2.64 bits per heavy atom. The third-order valence-corrected chi connectivity index (χ3v) is 7.06. The molecule has 1 saturated heterocycles. The number of benzene rings is 1. The molecule has 1 aromatic carbocycles. The van der Waals surface area contributed by atoms with Gasteiger partial charge in [0.2, 0.25) is 0 Å². The first-order valence-corrected chi connectivity index (χ1v) is 12.4. The molecule has 6 nitrogen and oxygen atoms in total. The van der Waals surface area contributed by atoms with E-state index in [-0.39, 0.29) is 11.8 Å². The number of pyridine rings is 1. The number of carboxylic acids is 1. The summed E-state index contributed by atoms with van der Waals surface area (Å²) < 4.78 is 6.41. The van der Waals surface area contributed by atoms with Crippen LogP contribution < -0.4 is 0 Å². The first-order chi connectivity index (χ1) is 15.5. The second kappa shape index (κ2) is 9.26. The largest absolute Gasteiger partial charge is 0.480 e. The minimum Gasteiger partial charge on any atom is -0.480 e. The molecular weight excluding hydrogens is 508 g/mol. The van der Waals surface area contributed by atoms with E-state index in [9.17, 15) is 14.7 Å². The summed E-state index contributed by atoms with van der Waals surface area (Å²) in [4.78, 5) is 31.1. The third kappa shape index (κ3) is 5.19. The van der Waals surface area contributed by atoms with E-state index in [0.29, 0.717) is 24.4 Å². The number of carbonyl (C=O) groups excluding carboxylic acids is 1. The zero-order chi connectivity index (χ0) is 23.9. The maximum atomic E-state index is 12.7. The van der Waals surface area contributed by atoms with Gasteiger partial charge in [-0.25, -0.2) is 9.59 Å². The number of likely N-dealkylation sites (tertiary alicyclic amines) is 1. The van der Waals surface area contributed by atoms with Crippen molar-refractivity contribution in [1.82, 2.24) is 9.88 Å². The molecule has 1 aliphatic carbocycles. The average Bonchev–Trinajstić information content (AvgIpc) is 2.88. The molecule has 1 unspecified atom stereocenters. The predicted octanol–water partition coefficient (Wildman–Crippen LogP) is 5.83. The van der Waals surface area contributed by atoms with Crippen LogP contribution in [-0.2, 0) is 22.4 Å². The van der Waals surface area contributed by atoms with Crippen molar-refractivity contribution in [3.05, 3.63) is 62.3 Å². The molecule has 8 heteroatoms. The Kier molecular flexibility index (Phi) is 6.74. The molecule has 2 aromatic rings. The van der Waals surface area contributed by atoms with Crippen LogP contribution in [0.1, 0.15) is 61.9 Å². The molecule has 1 N–H and O–H groups in total. The Balaban J connectivity index is 1.71. The minimum absolute atomic E-state index is 0.00948. The van der Waals surface area contributed by atoms with E-state index in [1.807, 2.05) is 12.1 Å². The molecule has 1 fully saturated rings. The molecule has 0 saturated carbocycles. The number of carboxylic acid groups (broad SMARTS) is 1. The Bertz CT molecular complexity index is 1030. The van der Waals surface area contributed by atoms with Gasteiger partial charge < -0.3 is 9.84 Å². The second-order valence-electron chi connectivity index (χ2n) is 9.83. The molecular formula is C25H28BrClN2O4. The number of aliphatic carboxylic acids is 1. The summed E-state index contributed by atoms with van der Waals surface area (Å²) in [5, 5.41) is 10.7. The first kappa shape index (κ1) is 24.0. The molecule has 176 valence electrons. The van der Waals surface area contributed by atoms with Gasteiger partial charge in [-0.15, -0.1) is 0 Å². The molecule has 33 heavy (non-hydrogen) atoms. The number of rotatable bonds is 2. The van der Waals surface area contributed by atoms with Crippen LogP contribution in [0.3, 0.4) is 0 Å². The van der Waals surface area contributed by atoms with Crippen molar-refractivity contribution in [2.24, 2.45) is 5.92 Å². The highest BCUT2D eigenvalue weighted by Crippen LogP contribution is 2.44. The minimum atomic E-state index is -1.01. The summed E-state index contributed by atoms with van der Waals surface area (Å²) >= 11 is 9.85. The molecule has 3 atom stereocenters. The molecule has 0 radical (unpaired) electrons. The highest BCUT2D eigenvalue weighted by molar-refractivity contribution is 9.10. The van der Waals surface area contributed by atoms with Crippen LogP contribution in [0.15, 0.2) is 34.9 Å². The van der Waals surface area contributed by atoms with Crippen molar-refractivity contribution in [2.75, 3.05) is 6.54 Å². The fraction of sp³-hybridized carbons (Fsp3) is 0.480. The fourth-order valence-corrected chi connectivity index (χ4v) is 5.60. The Morgan fingerprint density at radius 2 is 1.94 bits per heavy atom. The molecule has 0 spiro atoms. The zero-order valence-electron chi connectivity index (χ0n) is 19.0. The number of halogens is 2. The summed E-state index contributed by atoms with van der Waals surface area (Å²) in [5.41, 5.74) is 3.77. The van der Waals surface area contributed by atoms with Gasteiger partial charge in [-0.1, -0.05) is 17.7 Å². The van der Waals surface area contributed by atoms with Gasteiger partial charge in [0.05, 0.1) is 5.69 Å². The lowest BCUT2D eigenvalue weighted by atomic mass is 9.74. The molecule has 4 rings (SSSR count). The number of aromatic nitrogens is 1. The smallest absolute Gasteiger partial charge is 0.411 e. The molecule has 1 amide bonds. The van der Waals surface area contributed by atoms with Gasteiger partial charge in [0.15, 0.2) is 0 Å². The molecule has 1 aliphatic heterocycles. The Hall–Kier alpha value is -2.12. The fourth-order valence-electron chi connectivity index (χ4n) is 5.03. The van der Waals surface area contributed by atoms with Crippen LogP contribution in [0.5, 0.6) is 0 Å². The van der Waals surface area contributed by atoms with Gasteiger partial charge in [0.1, 0.15) is 11.6 Å². The summed E-state index contributed by atoms with van der Waals surface area (Å²) in [6.45, 7) is 5.66. The quantitative estimate of drug-likeness (QED) is 0.523. The second-order valence-corrected chi connectivity index (χ2v) is 11.2. The summed E-state index contributed by atoms with van der Waals surface area (Å²) in [6, 6.07) is 7.11. The van der Waals surface area contributed by atoms with Crippen molar-refractivity contribution in [3.8, 4) is 0 Å². The number of fused-ring (bicyclic) bond motifs is 2. The molecule has 1 aromatic heterocycles. The van der Waals surface area contributed by atoms with Gasteiger partial charge >= 0.3 is 12.1 Å². The van der Waals surface area contributed by atoms with Gasteiger partial charge in [-0.05, 0) is 103 Å². The number of ether oxygens (including phenoxy) is 1. The van der Waals surface area contributed by atoms with Gasteiger partial charge in [-0.2, -0.15) is 0 Å². The van der Waals surface area contributed by atoms with E-state index >= 15 is 0 Å². The topological polar surface area (TPSA) is 79.7 Å². The normalized spacial score (nSPS) is 22.7. The highest BCUT2D eigenvalue weighted by Gasteiger charge is 2.42. The van der Waals surface area contributed by atoms with Crippen LogP contribution in [0.2, 0.25) is 5.02 Å². The maximum Gasteiger partial charge on any atom is 0.411 e. The SMILES string of the molecule is CC(C)(C)OC(=O)N1CC[C@H]([C@@H]2c3ccc(Cl)cc3CCc3cc(Br)cnc32)CC1C(=O)O. The predicted molar refractivity (Wildman–Crippen MR) is 130 cm³/mol. The van der Waals surface area contributed by atoms with Crippen LogP contribution in [-0.4, -0.2) is 45.2 Å². The number of aryl methyl sites for hydroxylation is 2. The maximum absolute atomic E-state index is 12.7. The van der Waals surface area contributed by atoms with Crippen LogP contribution in [0.25, 0.3) is 0 Å². The molecule has 0 bridgehead atoms. The standard InChI is InChI=1S/C25H28BrClN2O4/c1-25(2,3)33-24(32)29-9-8-15(12-20(29)23(30)31)21-19-7-6-18(27)11-14(19)4-5-16-10-17(26)13-28-22(16)21/h6-7,10-11,13,15,20-21H,4-5,8-9,12H2,1-3H3,(H,30,31)/t15-,20?,21+/m0/s1. The average molecular weight is 536 g/mol. The van der Waals surface area contributed by atoms with Crippen LogP contribution in [0.4, 0.5) is 4.79 Å². The van der Waals surface area contributed by atoms with E-state index in [4.69, 9.17) is 21.3 Å². The summed E-state index contributed by atoms with van der Waals surface area (Å²) in [7, 11) is 0. The van der Waals surface area contributed by atoms with Gasteiger partial charge in [0, 0.05) is 28.2 Å². The summed E-state index contributed by atoms with van der Waals surface area (Å²) in [5.74, 6) is -1.07. The lowest BCUT2D eigenvalue weighted by Crippen LogP contribution is -2.52. The van der Waals surface area contributed by atoms with Gasteiger partial charge in [0.25, 0.3) is 0 Å². The Labute approximate surface area is 207 Å². The highest BCUT2D eigenvalue weighted by atomic mass is 79.9. The van der Waals surface area contributed by atoms with E-state index < -0.39 is 23.7 Å². The number of hydrogen-bond donors (Lipinski definition) is 1. The number of hydrogen-bond acceptors (Lipinski definition) is 4. The molecule has 2 aliphatic rings. The third-order valence-electron chi connectivity index (χ3n) is 6.39. The number of carbonyl (C=O) groups is 2. The van der Waals surface area contributed by atoms with E-state index in [2.05, 4.69) is 28.1 Å². The van der Waals surface area contributed by atoms with Crippen molar-refractivity contribution in [1.29, 1.82) is 0 Å². The monoisotopic (exact) mass is 534 g/mol. The van der Waals surface area contributed by atoms with E-state index in [1.54, 1.807) is 27.0 Å². The summed E-state index contributed by atoms with van der Waals surface area (Å²) in [6.07, 6.45) is 3.90. The first-order valence-electron chi connectivity index (χ1n) is 11.2. The van der Waals surface area contributed by atoms with E-state index in [0.717, 1.165) is 34.1 Å². The van der Waals surface area contributed by atoms with Crippen LogP contribution in [0, 0.1) is 5.92 Å². The van der Waals surface area contributed by atoms with Gasteiger partial charge in [-0.3, -0.25) is 9.88 Å². The van der Waals surface area contributed by atoms with Crippen LogP contribution >= 0.6 is 27.5 Å². The van der Waals surface area contributed by atoms with Crippen molar-refractivity contribution < 1.29 is 19.4 Å². The van der Waals surface area contributed by atoms with Crippen molar-refractivity contribution in [3.63, 3.8) is 0 Å². The lowest BCUT2D eigenvalue weighted by Gasteiger charge is -2.40. The van der Waals surface area contributed by atoms with E-state index in [1.165, 1.54) is 10.5 Å². The number of amides is 1. The number of nitrogens with zero attached hydrogens (tertiary/aromatic N) is 2. The van der Waals surface area contributed by atoms with Crippen molar-refractivity contribution >= 4 is 39.6 Å². The lowest BCUT2D eigenvalue weighted by molar-refractivity contribution is -0.145. The molecule has 2 heterocycles. The zero-order valence-corrected chi connectivity index (χ0v) is 21.3. The number of piperidine rings is 1.